The summed E-state index contributed by atoms with van der Waals surface area (Å²) in [4.78, 5) is 42.8. The number of methoxy groups -OCH3 is 1. The van der Waals surface area contributed by atoms with Gasteiger partial charge < -0.3 is 29.5 Å². The number of piperazine rings is 1. The maximum Gasteiger partial charge on any atom is 0.324 e. The van der Waals surface area contributed by atoms with Crippen molar-refractivity contribution in [2.24, 2.45) is 5.92 Å². The fourth-order valence-electron chi connectivity index (χ4n) is 6.18. The molecule has 1 aliphatic carbocycles. The van der Waals surface area contributed by atoms with E-state index in [4.69, 9.17) is 9.72 Å². The average molecular weight is 656 g/mol. The van der Waals surface area contributed by atoms with Gasteiger partial charge in [0.15, 0.2) is 0 Å². The summed E-state index contributed by atoms with van der Waals surface area (Å²) < 4.78 is 23.3. The van der Waals surface area contributed by atoms with E-state index in [0.717, 1.165) is 42.4 Å². The number of amides is 1. The third-order valence-corrected chi connectivity index (χ3v) is 12.0. The number of anilines is 3. The number of hydrogen-bond donors (Lipinski definition) is 3. The number of hydrogen-bond acceptors (Lipinski definition) is 9. The van der Waals surface area contributed by atoms with Gasteiger partial charge in [0.2, 0.25) is 13.4 Å². The van der Waals surface area contributed by atoms with Crippen LogP contribution >= 0.6 is 7.44 Å². The number of nitrogens with one attached hydrogen (secondary N) is 2. The minimum absolute atomic E-state index is 0.0513. The van der Waals surface area contributed by atoms with Gasteiger partial charge in [-0.25, -0.2) is 19.7 Å². The molecule has 14 nitrogen and oxygen atoms in total. The number of carboxylic acids is 1. The molecule has 46 heavy (non-hydrogen) atoms. The second kappa shape index (κ2) is 13.6. The quantitative estimate of drug-likeness (QED) is 0.237. The van der Waals surface area contributed by atoms with Crippen LogP contribution in [0.2, 0.25) is 0 Å². The number of carboxylic acid groups (broad SMARTS) is 1. The number of fused-ring (bicyclic) bond motifs is 1. The first-order valence-electron chi connectivity index (χ1n) is 15.8. The van der Waals surface area contributed by atoms with Crippen molar-refractivity contribution in [3.63, 3.8) is 0 Å². The van der Waals surface area contributed by atoms with Crippen LogP contribution in [-0.2, 0) is 14.1 Å². The SMILES string of the molecule is COCP(=O)(N[C@](C)(C(=O)O)C(C)C)N1CCN(c2ccc(Nc3ncc4cc(C(=O)N(C)C)n(C5CCCC5)c4n3)nc2)CC1. The van der Waals surface area contributed by atoms with E-state index >= 15 is 0 Å². The number of carbonyl (C=O) groups is 2. The predicted octanol–water partition coefficient (Wildman–Crippen LogP) is 4.39. The van der Waals surface area contributed by atoms with Gasteiger partial charge in [-0.1, -0.05) is 26.7 Å². The normalized spacial score (nSPS) is 18.9. The van der Waals surface area contributed by atoms with E-state index in [-0.39, 0.29) is 24.2 Å². The fourth-order valence-corrected chi connectivity index (χ4v) is 8.80. The van der Waals surface area contributed by atoms with Crippen LogP contribution in [0.25, 0.3) is 11.0 Å². The molecule has 4 heterocycles. The zero-order valence-corrected chi connectivity index (χ0v) is 28.5. The molecule has 1 aliphatic heterocycles. The summed E-state index contributed by atoms with van der Waals surface area (Å²) in [5, 5.41) is 16.9. The molecular formula is C31H46N9O5P. The Labute approximate surface area is 270 Å². The lowest BCUT2D eigenvalue weighted by Gasteiger charge is -2.43. The van der Waals surface area contributed by atoms with Crippen LogP contribution in [0.3, 0.4) is 0 Å². The van der Waals surface area contributed by atoms with Crippen molar-refractivity contribution in [2.45, 2.75) is 58.0 Å². The highest BCUT2D eigenvalue weighted by Gasteiger charge is 2.45. The summed E-state index contributed by atoms with van der Waals surface area (Å²) in [6.45, 7) is 7.26. The largest absolute Gasteiger partial charge is 0.480 e. The van der Waals surface area contributed by atoms with Gasteiger partial charge in [0.25, 0.3) is 5.91 Å². The number of nitrogens with zero attached hydrogens (tertiary/aromatic N) is 7. The van der Waals surface area contributed by atoms with Gasteiger partial charge in [-0.15, -0.1) is 0 Å². The first-order chi connectivity index (χ1) is 21.9. The molecule has 1 unspecified atom stereocenters. The lowest BCUT2D eigenvalue weighted by atomic mass is 9.90. The van der Waals surface area contributed by atoms with Crippen molar-refractivity contribution in [3.8, 4) is 0 Å². The lowest BCUT2D eigenvalue weighted by molar-refractivity contribution is -0.145. The molecule has 3 aromatic heterocycles. The number of aromatic nitrogens is 4. The van der Waals surface area contributed by atoms with Crippen LogP contribution in [-0.4, -0.2) is 105 Å². The van der Waals surface area contributed by atoms with Crippen LogP contribution in [0.4, 0.5) is 17.5 Å². The Bertz CT molecular complexity index is 1600. The summed E-state index contributed by atoms with van der Waals surface area (Å²) in [7, 11) is 1.65. The summed E-state index contributed by atoms with van der Waals surface area (Å²) in [6, 6.07) is 5.94. The summed E-state index contributed by atoms with van der Waals surface area (Å²) in [6.07, 6.45) is 7.73. The molecule has 0 aromatic carbocycles. The Morgan fingerprint density at radius 1 is 1.13 bits per heavy atom. The molecule has 5 rings (SSSR count). The lowest BCUT2D eigenvalue weighted by Crippen LogP contribution is -2.56. The highest BCUT2D eigenvalue weighted by Crippen LogP contribution is 2.49. The molecule has 3 aromatic rings. The third kappa shape index (κ3) is 6.76. The second-order valence-electron chi connectivity index (χ2n) is 12.9. The van der Waals surface area contributed by atoms with E-state index in [9.17, 15) is 19.3 Å². The summed E-state index contributed by atoms with van der Waals surface area (Å²) in [5.41, 5.74) is 0.917. The molecule has 15 heteroatoms. The standard InChI is InChI=1S/C31H46N9O5P/c1-21(2)31(3,29(42)43)36-46(44,20-45-6)39-15-13-38(14-16-39)24-11-12-26(32-19-24)34-30-33-18-22-17-25(28(41)37(4)5)40(27(22)35-30)23-9-7-8-10-23/h11-12,17-19,21,23H,7-10,13-16,20H2,1-6H3,(H,36,44)(H,42,43)(H,32,33,34,35)/t31-,46?/m0/s1. The predicted molar refractivity (Wildman–Crippen MR) is 178 cm³/mol. The maximum atomic E-state index is 14.1. The van der Waals surface area contributed by atoms with E-state index in [1.165, 1.54) is 7.11 Å². The van der Waals surface area contributed by atoms with E-state index in [0.29, 0.717) is 43.6 Å². The highest BCUT2D eigenvalue weighted by atomic mass is 31.2. The molecule has 2 fully saturated rings. The summed E-state index contributed by atoms with van der Waals surface area (Å²) >= 11 is 0. The first kappa shape index (κ1) is 33.8. The number of rotatable bonds is 12. The molecule has 3 N–H and O–H groups in total. The van der Waals surface area contributed by atoms with Crippen LogP contribution in [0.15, 0.2) is 30.6 Å². The highest BCUT2D eigenvalue weighted by molar-refractivity contribution is 7.59. The van der Waals surface area contributed by atoms with Gasteiger partial charge >= 0.3 is 5.97 Å². The van der Waals surface area contributed by atoms with Crippen LogP contribution in [0.1, 0.15) is 63.0 Å². The van der Waals surface area contributed by atoms with E-state index in [2.05, 4.69) is 29.8 Å². The maximum absolute atomic E-state index is 14.1. The summed E-state index contributed by atoms with van der Waals surface area (Å²) in [5.74, 6) is -0.400. The van der Waals surface area contributed by atoms with Gasteiger partial charge in [0.05, 0.1) is 11.9 Å². The van der Waals surface area contributed by atoms with Gasteiger partial charge in [-0.3, -0.25) is 14.2 Å². The molecule has 0 radical (unpaired) electrons. The molecule has 2 aliphatic rings. The average Bonchev–Trinajstić information content (AvgIpc) is 3.69. The Hall–Kier alpha value is -3.58. The molecule has 1 saturated carbocycles. The zero-order valence-electron chi connectivity index (χ0n) is 27.6. The molecule has 2 atom stereocenters. The van der Waals surface area contributed by atoms with Gasteiger partial charge in [-0.2, -0.15) is 4.98 Å². The van der Waals surface area contributed by atoms with Gasteiger partial charge in [-0.05, 0) is 43.9 Å². The van der Waals surface area contributed by atoms with Crippen molar-refractivity contribution >= 4 is 47.8 Å². The molecule has 250 valence electrons. The van der Waals surface area contributed by atoms with Crippen molar-refractivity contribution in [2.75, 3.05) is 63.9 Å². The first-order valence-corrected chi connectivity index (χ1v) is 17.6. The number of pyridine rings is 1. The minimum Gasteiger partial charge on any atom is -0.480 e. The minimum atomic E-state index is -3.34. The number of ether oxygens (including phenoxy) is 1. The van der Waals surface area contributed by atoms with E-state index < -0.39 is 19.0 Å². The molecule has 1 saturated heterocycles. The Balaban J connectivity index is 1.28. The fraction of sp³-hybridized carbons (Fsp3) is 0.581. The van der Waals surface area contributed by atoms with Crippen LogP contribution in [0, 0.1) is 5.92 Å². The number of aliphatic carboxylic acids is 1. The van der Waals surface area contributed by atoms with Gasteiger partial charge in [0.1, 0.15) is 29.0 Å². The Morgan fingerprint density at radius 2 is 1.83 bits per heavy atom. The van der Waals surface area contributed by atoms with E-state index in [1.54, 1.807) is 52.2 Å². The Morgan fingerprint density at radius 3 is 2.39 bits per heavy atom. The van der Waals surface area contributed by atoms with Crippen molar-refractivity contribution in [1.29, 1.82) is 0 Å². The Kier molecular flexibility index (Phi) is 10.0. The number of carbonyl (C=O) groups excluding carboxylic acids is 1. The van der Waals surface area contributed by atoms with Crippen LogP contribution in [0.5, 0.6) is 0 Å². The second-order valence-corrected chi connectivity index (χ2v) is 15.3. The van der Waals surface area contributed by atoms with Crippen molar-refractivity contribution < 1.29 is 24.0 Å². The van der Waals surface area contributed by atoms with Crippen molar-refractivity contribution in [3.05, 3.63) is 36.3 Å². The molecule has 0 bridgehead atoms. The zero-order chi connectivity index (χ0) is 33.2. The molecular weight excluding hydrogens is 609 g/mol. The molecule has 0 spiro atoms. The molecule has 1 amide bonds. The van der Waals surface area contributed by atoms with Crippen LogP contribution < -0.4 is 15.3 Å². The van der Waals surface area contributed by atoms with E-state index in [1.807, 2.05) is 22.9 Å². The monoisotopic (exact) mass is 655 g/mol. The topological polar surface area (TPSA) is 158 Å². The van der Waals surface area contributed by atoms with Crippen molar-refractivity contribution in [1.82, 2.24) is 34.2 Å². The van der Waals surface area contributed by atoms with Gasteiger partial charge in [0, 0.05) is 65.0 Å². The smallest absolute Gasteiger partial charge is 0.324 e. The third-order valence-electron chi connectivity index (χ3n) is 9.27.